The molecule has 0 aliphatic carbocycles. The van der Waals surface area contributed by atoms with Gasteiger partial charge < -0.3 is 16.3 Å². The second-order valence-corrected chi connectivity index (χ2v) is 4.55. The standard InChI is InChI=1S/C14H11ClFN3O2/c15-11-7-8(13(17)19-21)4-5-12(11)18-14(20)9-2-1-3-10(16)6-9/h1-7,21H,(H2,17,19)(H,18,20). The highest BCUT2D eigenvalue weighted by molar-refractivity contribution is 6.34. The van der Waals surface area contributed by atoms with Gasteiger partial charge in [-0.1, -0.05) is 22.8 Å². The third-order valence-corrected chi connectivity index (χ3v) is 3.02. The molecule has 2 aromatic rings. The molecule has 21 heavy (non-hydrogen) atoms. The number of benzene rings is 2. The summed E-state index contributed by atoms with van der Waals surface area (Å²) in [5, 5.41) is 14.2. The fourth-order valence-corrected chi connectivity index (χ4v) is 1.89. The van der Waals surface area contributed by atoms with Crippen LogP contribution in [0.3, 0.4) is 0 Å². The minimum absolute atomic E-state index is 0.0973. The minimum Gasteiger partial charge on any atom is -0.409 e. The SMILES string of the molecule is N/C(=N/O)c1ccc(NC(=O)c2cccc(F)c2)c(Cl)c1. The van der Waals surface area contributed by atoms with Crippen LogP contribution in [0.2, 0.25) is 5.02 Å². The molecule has 0 aromatic heterocycles. The molecule has 0 bridgehead atoms. The van der Waals surface area contributed by atoms with Gasteiger partial charge in [0.1, 0.15) is 5.82 Å². The maximum absolute atomic E-state index is 13.1. The lowest BCUT2D eigenvalue weighted by Crippen LogP contribution is -2.15. The summed E-state index contributed by atoms with van der Waals surface area (Å²) in [7, 11) is 0. The van der Waals surface area contributed by atoms with Crippen LogP contribution >= 0.6 is 11.6 Å². The number of amides is 1. The molecule has 2 rings (SSSR count). The number of hydrogen-bond donors (Lipinski definition) is 3. The monoisotopic (exact) mass is 307 g/mol. The molecule has 0 aliphatic heterocycles. The van der Waals surface area contributed by atoms with E-state index in [4.69, 9.17) is 22.5 Å². The average Bonchev–Trinajstić information content (AvgIpc) is 2.48. The van der Waals surface area contributed by atoms with Crippen LogP contribution in [0.4, 0.5) is 10.1 Å². The van der Waals surface area contributed by atoms with Crippen molar-refractivity contribution >= 4 is 29.0 Å². The van der Waals surface area contributed by atoms with E-state index in [1.165, 1.54) is 36.4 Å². The summed E-state index contributed by atoms with van der Waals surface area (Å²) in [6.45, 7) is 0. The van der Waals surface area contributed by atoms with Crippen molar-refractivity contribution in [3.63, 3.8) is 0 Å². The van der Waals surface area contributed by atoms with Gasteiger partial charge in [-0.25, -0.2) is 4.39 Å². The van der Waals surface area contributed by atoms with Crippen LogP contribution in [0.15, 0.2) is 47.6 Å². The van der Waals surface area contributed by atoms with Crippen molar-refractivity contribution in [2.45, 2.75) is 0 Å². The zero-order chi connectivity index (χ0) is 15.4. The third-order valence-electron chi connectivity index (χ3n) is 2.71. The molecule has 0 saturated heterocycles. The summed E-state index contributed by atoms with van der Waals surface area (Å²) in [5.74, 6) is -1.09. The van der Waals surface area contributed by atoms with E-state index in [1.54, 1.807) is 0 Å². The fraction of sp³-hybridized carbons (Fsp3) is 0. The van der Waals surface area contributed by atoms with E-state index in [0.29, 0.717) is 11.3 Å². The van der Waals surface area contributed by atoms with Gasteiger partial charge in [-0.05, 0) is 36.4 Å². The van der Waals surface area contributed by atoms with Gasteiger partial charge in [0.15, 0.2) is 5.84 Å². The summed E-state index contributed by atoms with van der Waals surface area (Å²) in [4.78, 5) is 12.0. The minimum atomic E-state index is -0.504. The van der Waals surface area contributed by atoms with Crippen LogP contribution in [0.5, 0.6) is 0 Å². The lowest BCUT2D eigenvalue weighted by molar-refractivity contribution is 0.102. The maximum Gasteiger partial charge on any atom is 0.255 e. The predicted octanol–water partition coefficient (Wildman–Crippen LogP) is 2.83. The van der Waals surface area contributed by atoms with Crippen molar-refractivity contribution < 1.29 is 14.4 Å². The number of oxime groups is 1. The highest BCUT2D eigenvalue weighted by Crippen LogP contribution is 2.23. The van der Waals surface area contributed by atoms with E-state index in [1.807, 2.05) is 0 Å². The maximum atomic E-state index is 13.1. The molecular weight excluding hydrogens is 297 g/mol. The zero-order valence-corrected chi connectivity index (χ0v) is 11.4. The van der Waals surface area contributed by atoms with Crippen LogP contribution in [0.1, 0.15) is 15.9 Å². The van der Waals surface area contributed by atoms with E-state index in [9.17, 15) is 9.18 Å². The van der Waals surface area contributed by atoms with Crippen LogP contribution in [0.25, 0.3) is 0 Å². The number of nitrogens with one attached hydrogen (secondary N) is 1. The number of carbonyl (C=O) groups is 1. The van der Waals surface area contributed by atoms with Gasteiger partial charge in [-0.2, -0.15) is 0 Å². The fourth-order valence-electron chi connectivity index (χ4n) is 1.66. The van der Waals surface area contributed by atoms with Gasteiger partial charge in [0.05, 0.1) is 10.7 Å². The van der Waals surface area contributed by atoms with Crippen molar-refractivity contribution in [2.75, 3.05) is 5.32 Å². The first-order chi connectivity index (χ1) is 10.0. The normalized spacial score (nSPS) is 11.2. The van der Waals surface area contributed by atoms with Crippen LogP contribution in [-0.4, -0.2) is 17.0 Å². The molecule has 5 nitrogen and oxygen atoms in total. The Morgan fingerprint density at radius 1 is 1.24 bits per heavy atom. The number of rotatable bonds is 3. The number of amidine groups is 1. The summed E-state index contributed by atoms with van der Waals surface area (Å²) >= 11 is 6.01. The van der Waals surface area contributed by atoms with Gasteiger partial charge in [0.2, 0.25) is 0 Å². The number of nitrogens with zero attached hydrogens (tertiary/aromatic N) is 1. The van der Waals surface area contributed by atoms with E-state index in [2.05, 4.69) is 10.5 Å². The number of carbonyl (C=O) groups excluding carboxylic acids is 1. The molecule has 1 amide bonds. The number of halogens is 2. The van der Waals surface area contributed by atoms with Crippen molar-refractivity contribution in [2.24, 2.45) is 10.9 Å². The third kappa shape index (κ3) is 3.49. The highest BCUT2D eigenvalue weighted by atomic mass is 35.5. The molecule has 108 valence electrons. The first-order valence-corrected chi connectivity index (χ1v) is 6.23. The second kappa shape index (κ2) is 6.23. The largest absolute Gasteiger partial charge is 0.409 e. The van der Waals surface area contributed by atoms with Gasteiger partial charge in [0, 0.05) is 11.1 Å². The molecule has 0 unspecified atom stereocenters. The van der Waals surface area contributed by atoms with Gasteiger partial charge in [-0.3, -0.25) is 4.79 Å². The number of anilines is 1. The first-order valence-electron chi connectivity index (χ1n) is 5.85. The molecule has 2 aromatic carbocycles. The Bertz CT molecular complexity index is 719. The Balaban J connectivity index is 2.22. The Morgan fingerprint density at radius 2 is 2.00 bits per heavy atom. The molecule has 0 radical (unpaired) electrons. The van der Waals surface area contributed by atoms with E-state index < -0.39 is 11.7 Å². The summed E-state index contributed by atoms with van der Waals surface area (Å²) in [6, 6.07) is 9.76. The van der Waals surface area contributed by atoms with E-state index in [0.717, 1.165) is 6.07 Å². The van der Waals surface area contributed by atoms with Crippen molar-refractivity contribution in [3.8, 4) is 0 Å². The lowest BCUT2D eigenvalue weighted by atomic mass is 10.1. The zero-order valence-electron chi connectivity index (χ0n) is 10.7. The van der Waals surface area contributed by atoms with Crippen LogP contribution in [-0.2, 0) is 0 Å². The number of nitrogens with two attached hydrogens (primary N) is 1. The summed E-state index contributed by atoms with van der Waals surface area (Å²) in [5.41, 5.74) is 6.35. The smallest absolute Gasteiger partial charge is 0.255 e. The number of hydrogen-bond acceptors (Lipinski definition) is 3. The quantitative estimate of drug-likeness (QED) is 0.352. The Morgan fingerprint density at radius 3 is 2.62 bits per heavy atom. The van der Waals surface area contributed by atoms with E-state index >= 15 is 0 Å². The molecule has 7 heteroatoms. The Labute approximate surface area is 124 Å². The Hall–Kier alpha value is -2.60. The molecule has 0 fully saturated rings. The van der Waals surface area contributed by atoms with Gasteiger partial charge >= 0.3 is 0 Å². The molecular formula is C14H11ClFN3O2. The molecule has 4 N–H and O–H groups in total. The van der Waals surface area contributed by atoms with Crippen LogP contribution in [0, 0.1) is 5.82 Å². The molecule has 0 atom stereocenters. The summed E-state index contributed by atoms with van der Waals surface area (Å²) in [6.07, 6.45) is 0. The topological polar surface area (TPSA) is 87.7 Å². The Kier molecular flexibility index (Phi) is 4.39. The van der Waals surface area contributed by atoms with Crippen molar-refractivity contribution in [3.05, 3.63) is 64.4 Å². The second-order valence-electron chi connectivity index (χ2n) is 4.14. The molecule has 0 spiro atoms. The average molecular weight is 308 g/mol. The van der Waals surface area contributed by atoms with Crippen LogP contribution < -0.4 is 11.1 Å². The predicted molar refractivity (Wildman–Crippen MR) is 78.3 cm³/mol. The van der Waals surface area contributed by atoms with Crippen molar-refractivity contribution in [1.82, 2.24) is 0 Å². The highest BCUT2D eigenvalue weighted by Gasteiger charge is 2.10. The first kappa shape index (κ1) is 14.8. The van der Waals surface area contributed by atoms with E-state index in [-0.39, 0.29) is 16.4 Å². The van der Waals surface area contributed by atoms with Crippen molar-refractivity contribution in [1.29, 1.82) is 0 Å². The molecule has 0 saturated carbocycles. The lowest BCUT2D eigenvalue weighted by Gasteiger charge is -2.08. The van der Waals surface area contributed by atoms with Gasteiger partial charge in [-0.15, -0.1) is 0 Å². The molecule has 0 aliphatic rings. The summed E-state index contributed by atoms with van der Waals surface area (Å²) < 4.78 is 13.1. The van der Waals surface area contributed by atoms with Gasteiger partial charge in [0.25, 0.3) is 5.91 Å². The molecule has 0 heterocycles.